The third-order valence-corrected chi connectivity index (χ3v) is 7.34. The van der Waals surface area contributed by atoms with Crippen LogP contribution in [0.15, 0.2) is 66.0 Å². The smallest absolute Gasteiger partial charge is 0.228 e. The number of hydrogen-bond acceptors (Lipinski definition) is 5. The van der Waals surface area contributed by atoms with Gasteiger partial charge in [0, 0.05) is 54.9 Å². The molecule has 1 amide bonds. The van der Waals surface area contributed by atoms with Gasteiger partial charge < -0.3 is 9.80 Å². The number of para-hydroxylation sites is 1. The van der Waals surface area contributed by atoms with Crippen LogP contribution in [-0.2, 0) is 17.6 Å². The molecule has 174 valence electrons. The standard InChI is InChI=1S/C27H29N5OS/c1-20-25(17-22-9-5-3-6-10-22)21(2)32(29-20)27-28-23(19-34-27)18-26(33)31-15-13-30(14-16-31)24-11-7-4-8-12-24/h3-12,19H,13-18H2,1-2H3. The second-order valence-electron chi connectivity index (χ2n) is 8.73. The fourth-order valence-electron chi connectivity index (χ4n) is 4.51. The first-order valence-electron chi connectivity index (χ1n) is 11.7. The number of nitrogens with zero attached hydrogens (tertiary/aromatic N) is 5. The van der Waals surface area contributed by atoms with Crippen molar-refractivity contribution in [2.45, 2.75) is 26.7 Å². The number of benzene rings is 2. The molecule has 2 aromatic heterocycles. The second kappa shape index (κ2) is 9.81. The lowest BCUT2D eigenvalue weighted by atomic mass is 10.0. The number of carbonyl (C=O) groups excluding carboxylic acids is 1. The molecule has 0 aliphatic carbocycles. The van der Waals surface area contributed by atoms with Gasteiger partial charge in [0.15, 0.2) is 0 Å². The molecule has 3 heterocycles. The lowest BCUT2D eigenvalue weighted by Crippen LogP contribution is -2.49. The number of amides is 1. The molecule has 34 heavy (non-hydrogen) atoms. The topological polar surface area (TPSA) is 54.3 Å². The molecule has 5 rings (SSSR count). The molecule has 2 aromatic carbocycles. The predicted molar refractivity (Wildman–Crippen MR) is 137 cm³/mol. The summed E-state index contributed by atoms with van der Waals surface area (Å²) in [6.07, 6.45) is 1.18. The molecule has 1 saturated heterocycles. The molecule has 6 nitrogen and oxygen atoms in total. The highest BCUT2D eigenvalue weighted by Gasteiger charge is 2.23. The van der Waals surface area contributed by atoms with Crippen molar-refractivity contribution >= 4 is 22.9 Å². The predicted octanol–water partition coefficient (Wildman–Crippen LogP) is 4.43. The first-order chi connectivity index (χ1) is 16.6. The minimum absolute atomic E-state index is 0.141. The SMILES string of the molecule is Cc1nn(-c2nc(CC(=O)N3CCN(c4ccccc4)CC3)cs2)c(C)c1Cc1ccccc1. The summed E-state index contributed by atoms with van der Waals surface area (Å²) < 4.78 is 1.92. The molecule has 0 saturated carbocycles. The molecule has 1 aliphatic rings. The van der Waals surface area contributed by atoms with Crippen molar-refractivity contribution in [3.8, 4) is 5.13 Å². The van der Waals surface area contributed by atoms with Crippen molar-refractivity contribution in [1.82, 2.24) is 19.7 Å². The Hall–Kier alpha value is -3.45. The van der Waals surface area contributed by atoms with Gasteiger partial charge in [0.05, 0.1) is 17.8 Å². The van der Waals surface area contributed by atoms with Gasteiger partial charge in [-0.05, 0) is 31.5 Å². The van der Waals surface area contributed by atoms with Crippen LogP contribution in [0.5, 0.6) is 0 Å². The minimum atomic E-state index is 0.141. The summed E-state index contributed by atoms with van der Waals surface area (Å²) in [5.74, 6) is 0.141. The Morgan fingerprint density at radius 2 is 1.62 bits per heavy atom. The molecule has 1 fully saturated rings. The third kappa shape index (κ3) is 4.75. The fourth-order valence-corrected chi connectivity index (χ4v) is 5.34. The van der Waals surface area contributed by atoms with Crippen molar-refractivity contribution in [3.63, 3.8) is 0 Å². The Bertz CT molecular complexity index is 1260. The normalized spacial score (nSPS) is 13.9. The number of rotatable bonds is 6. The zero-order valence-electron chi connectivity index (χ0n) is 19.6. The van der Waals surface area contributed by atoms with E-state index in [2.05, 4.69) is 67.3 Å². The highest BCUT2D eigenvalue weighted by atomic mass is 32.1. The summed E-state index contributed by atoms with van der Waals surface area (Å²) in [7, 11) is 0. The lowest BCUT2D eigenvalue weighted by molar-refractivity contribution is -0.130. The van der Waals surface area contributed by atoms with Crippen LogP contribution in [0.25, 0.3) is 5.13 Å². The summed E-state index contributed by atoms with van der Waals surface area (Å²) in [4.78, 5) is 22.0. The number of piperazine rings is 1. The molecular formula is C27H29N5OS. The van der Waals surface area contributed by atoms with Crippen LogP contribution in [0.3, 0.4) is 0 Å². The maximum Gasteiger partial charge on any atom is 0.228 e. The van der Waals surface area contributed by atoms with E-state index in [0.29, 0.717) is 6.42 Å². The first-order valence-corrected chi connectivity index (χ1v) is 12.6. The van der Waals surface area contributed by atoms with E-state index >= 15 is 0 Å². The minimum Gasteiger partial charge on any atom is -0.368 e. The maximum atomic E-state index is 12.9. The monoisotopic (exact) mass is 471 g/mol. The van der Waals surface area contributed by atoms with Gasteiger partial charge in [-0.1, -0.05) is 48.5 Å². The van der Waals surface area contributed by atoms with E-state index in [1.807, 2.05) is 27.1 Å². The molecule has 4 aromatic rings. The number of aromatic nitrogens is 3. The van der Waals surface area contributed by atoms with Gasteiger partial charge in [0.2, 0.25) is 11.0 Å². The quantitative estimate of drug-likeness (QED) is 0.418. The molecule has 1 aliphatic heterocycles. The summed E-state index contributed by atoms with van der Waals surface area (Å²) in [6.45, 7) is 7.34. The zero-order valence-corrected chi connectivity index (χ0v) is 20.5. The van der Waals surface area contributed by atoms with E-state index in [9.17, 15) is 4.79 Å². The van der Waals surface area contributed by atoms with Crippen LogP contribution in [-0.4, -0.2) is 51.8 Å². The second-order valence-corrected chi connectivity index (χ2v) is 9.56. The van der Waals surface area contributed by atoms with E-state index in [1.165, 1.54) is 16.8 Å². The summed E-state index contributed by atoms with van der Waals surface area (Å²) in [6, 6.07) is 20.8. The van der Waals surface area contributed by atoms with Crippen molar-refractivity contribution in [2.75, 3.05) is 31.1 Å². The summed E-state index contributed by atoms with van der Waals surface area (Å²) in [5, 5.41) is 7.56. The van der Waals surface area contributed by atoms with Crippen LogP contribution in [0.1, 0.15) is 28.2 Å². The van der Waals surface area contributed by atoms with Crippen LogP contribution in [0.4, 0.5) is 5.69 Å². The van der Waals surface area contributed by atoms with Crippen LogP contribution in [0.2, 0.25) is 0 Å². The van der Waals surface area contributed by atoms with E-state index < -0.39 is 0 Å². The number of aryl methyl sites for hydroxylation is 1. The fraction of sp³-hybridized carbons (Fsp3) is 0.296. The van der Waals surface area contributed by atoms with E-state index in [4.69, 9.17) is 10.1 Å². The van der Waals surface area contributed by atoms with Crippen molar-refractivity contribution in [1.29, 1.82) is 0 Å². The lowest BCUT2D eigenvalue weighted by Gasteiger charge is -2.36. The van der Waals surface area contributed by atoms with Gasteiger partial charge in [-0.15, -0.1) is 11.3 Å². The number of hydrogen-bond donors (Lipinski definition) is 0. The van der Waals surface area contributed by atoms with Gasteiger partial charge in [-0.25, -0.2) is 9.67 Å². The van der Waals surface area contributed by atoms with Gasteiger partial charge in [-0.3, -0.25) is 4.79 Å². The molecule has 0 N–H and O–H groups in total. The molecule has 0 atom stereocenters. The average molecular weight is 472 g/mol. The molecule has 0 radical (unpaired) electrons. The average Bonchev–Trinajstić information content (AvgIpc) is 3.45. The van der Waals surface area contributed by atoms with Crippen LogP contribution >= 0.6 is 11.3 Å². The Balaban J connectivity index is 1.23. The van der Waals surface area contributed by atoms with Gasteiger partial charge >= 0.3 is 0 Å². The molecule has 0 spiro atoms. The highest BCUT2D eigenvalue weighted by molar-refractivity contribution is 7.12. The Morgan fingerprint density at radius 3 is 2.32 bits per heavy atom. The molecule has 0 bridgehead atoms. The molecule has 7 heteroatoms. The van der Waals surface area contributed by atoms with Crippen molar-refractivity contribution in [3.05, 3.63) is 94.3 Å². The number of anilines is 1. The highest BCUT2D eigenvalue weighted by Crippen LogP contribution is 2.24. The van der Waals surface area contributed by atoms with Gasteiger partial charge in [0.25, 0.3) is 0 Å². The third-order valence-electron chi connectivity index (χ3n) is 6.47. The summed E-state index contributed by atoms with van der Waals surface area (Å²) in [5.41, 5.74) is 6.65. The molecular weight excluding hydrogens is 442 g/mol. The zero-order chi connectivity index (χ0) is 23.5. The number of thiazole rings is 1. The van der Waals surface area contributed by atoms with Crippen molar-refractivity contribution < 1.29 is 4.79 Å². The first kappa shape index (κ1) is 22.3. The Kier molecular flexibility index (Phi) is 6.45. The van der Waals surface area contributed by atoms with Crippen LogP contribution in [0, 0.1) is 13.8 Å². The van der Waals surface area contributed by atoms with Crippen LogP contribution < -0.4 is 4.90 Å². The van der Waals surface area contributed by atoms with E-state index in [0.717, 1.165) is 54.8 Å². The largest absolute Gasteiger partial charge is 0.368 e. The molecule has 0 unspecified atom stereocenters. The Morgan fingerprint density at radius 1 is 0.941 bits per heavy atom. The van der Waals surface area contributed by atoms with Gasteiger partial charge in [0.1, 0.15) is 0 Å². The maximum absolute atomic E-state index is 12.9. The number of carbonyl (C=O) groups is 1. The van der Waals surface area contributed by atoms with Gasteiger partial charge in [-0.2, -0.15) is 5.10 Å². The summed E-state index contributed by atoms with van der Waals surface area (Å²) >= 11 is 1.54. The van der Waals surface area contributed by atoms with E-state index in [1.54, 1.807) is 11.3 Å². The Labute approximate surface area is 204 Å². The van der Waals surface area contributed by atoms with E-state index in [-0.39, 0.29) is 5.91 Å². The van der Waals surface area contributed by atoms with Crippen molar-refractivity contribution in [2.24, 2.45) is 0 Å².